The van der Waals surface area contributed by atoms with Crippen molar-refractivity contribution in [2.45, 2.75) is 25.8 Å². The highest BCUT2D eigenvalue weighted by atomic mass is 16.6. The summed E-state index contributed by atoms with van der Waals surface area (Å²) in [4.78, 5) is 26.9. The van der Waals surface area contributed by atoms with Gasteiger partial charge >= 0.3 is 0 Å². The lowest BCUT2D eigenvalue weighted by molar-refractivity contribution is -0.384. The lowest BCUT2D eigenvalue weighted by Gasteiger charge is -2.09. The molecule has 1 aliphatic heterocycles. The molecule has 102 valence electrons. The van der Waals surface area contributed by atoms with E-state index in [1.165, 1.54) is 18.2 Å². The number of hydrogen-bond acceptors (Lipinski definition) is 4. The topological polar surface area (TPSA) is 78.0 Å². The van der Waals surface area contributed by atoms with Crippen LogP contribution in [0, 0.1) is 10.1 Å². The van der Waals surface area contributed by atoms with Crippen LogP contribution in [0.2, 0.25) is 0 Å². The van der Waals surface area contributed by atoms with Crippen molar-refractivity contribution in [2.75, 3.05) is 0 Å². The molecule has 0 bridgehead atoms. The molecule has 1 aromatic heterocycles. The minimum Gasteiger partial charge on any atom is -0.294 e. The third-order valence-electron chi connectivity index (χ3n) is 3.60. The normalized spacial score (nSPS) is 16.9. The molecule has 1 aromatic carbocycles. The molecule has 0 saturated heterocycles. The quantitative estimate of drug-likeness (QED) is 0.620. The number of fused-ring (bicyclic) bond motifs is 1. The van der Waals surface area contributed by atoms with E-state index in [1.807, 2.05) is 6.92 Å². The fraction of sp³-hybridized carbons (Fsp3) is 0.286. The zero-order valence-electron chi connectivity index (χ0n) is 10.9. The summed E-state index contributed by atoms with van der Waals surface area (Å²) >= 11 is 0. The number of rotatable bonds is 2. The minimum absolute atomic E-state index is 0.00160. The first-order chi connectivity index (χ1) is 9.56. The number of benzene rings is 1. The van der Waals surface area contributed by atoms with E-state index in [4.69, 9.17) is 0 Å². The maximum Gasteiger partial charge on any atom is 0.270 e. The Bertz CT molecular complexity index is 752. The maximum atomic E-state index is 12.1. The minimum atomic E-state index is -0.453. The van der Waals surface area contributed by atoms with E-state index in [0.29, 0.717) is 11.3 Å². The lowest BCUT2D eigenvalue weighted by atomic mass is 10.1. The number of aromatic nitrogens is 2. The third kappa shape index (κ3) is 1.99. The molecular weight excluding hydrogens is 258 g/mol. The fourth-order valence-electron chi connectivity index (χ4n) is 2.58. The Balaban J connectivity index is 2.12. The van der Waals surface area contributed by atoms with Crippen molar-refractivity contribution in [3.8, 4) is 11.3 Å². The van der Waals surface area contributed by atoms with Crippen LogP contribution in [-0.2, 0) is 6.42 Å². The first kappa shape index (κ1) is 12.5. The second kappa shape index (κ2) is 4.56. The van der Waals surface area contributed by atoms with Gasteiger partial charge in [0.1, 0.15) is 5.82 Å². The van der Waals surface area contributed by atoms with Crippen LogP contribution < -0.4 is 5.56 Å². The van der Waals surface area contributed by atoms with Gasteiger partial charge in [-0.3, -0.25) is 19.5 Å². The molecule has 0 aliphatic carbocycles. The molecule has 1 atom stereocenters. The summed E-state index contributed by atoms with van der Waals surface area (Å²) < 4.78 is 1.70. The molecule has 1 aliphatic rings. The average molecular weight is 271 g/mol. The second-order valence-electron chi connectivity index (χ2n) is 4.96. The second-order valence-corrected chi connectivity index (χ2v) is 4.96. The molecule has 2 heterocycles. The van der Waals surface area contributed by atoms with Gasteiger partial charge in [0.15, 0.2) is 0 Å². The van der Waals surface area contributed by atoms with Gasteiger partial charge in [-0.1, -0.05) is 12.1 Å². The average Bonchev–Trinajstić information content (AvgIpc) is 2.81. The summed E-state index contributed by atoms with van der Waals surface area (Å²) in [6.07, 6.45) is 1.67. The largest absolute Gasteiger partial charge is 0.294 e. The monoisotopic (exact) mass is 271 g/mol. The van der Waals surface area contributed by atoms with Crippen molar-refractivity contribution in [3.05, 3.63) is 56.6 Å². The van der Waals surface area contributed by atoms with Crippen LogP contribution in [0.4, 0.5) is 5.69 Å². The van der Waals surface area contributed by atoms with Crippen LogP contribution >= 0.6 is 0 Å². The molecule has 0 N–H and O–H groups in total. The van der Waals surface area contributed by atoms with Crippen molar-refractivity contribution in [1.29, 1.82) is 0 Å². The van der Waals surface area contributed by atoms with Crippen LogP contribution in [0.1, 0.15) is 25.2 Å². The summed E-state index contributed by atoms with van der Waals surface area (Å²) in [6.45, 7) is 1.99. The Morgan fingerprint density at radius 3 is 2.95 bits per heavy atom. The highest BCUT2D eigenvalue weighted by Crippen LogP contribution is 2.25. The molecule has 6 nitrogen and oxygen atoms in total. The van der Waals surface area contributed by atoms with Crippen LogP contribution in [0.5, 0.6) is 0 Å². The van der Waals surface area contributed by atoms with Gasteiger partial charge in [-0.25, -0.2) is 4.98 Å². The maximum absolute atomic E-state index is 12.1. The van der Waals surface area contributed by atoms with E-state index in [0.717, 1.165) is 18.7 Å². The van der Waals surface area contributed by atoms with Crippen LogP contribution in [0.3, 0.4) is 0 Å². The zero-order valence-corrected chi connectivity index (χ0v) is 10.9. The van der Waals surface area contributed by atoms with Gasteiger partial charge in [0.25, 0.3) is 11.2 Å². The molecule has 0 fully saturated rings. The van der Waals surface area contributed by atoms with Gasteiger partial charge in [-0.15, -0.1) is 0 Å². The van der Waals surface area contributed by atoms with Gasteiger partial charge in [-0.2, -0.15) is 0 Å². The van der Waals surface area contributed by atoms with Gasteiger partial charge in [0, 0.05) is 36.2 Å². The number of aryl methyl sites for hydroxylation is 1. The highest BCUT2D eigenvalue weighted by Gasteiger charge is 2.21. The standard InChI is InChI=1S/C14H13N3O3/c1-9-5-6-13-15-12(8-14(18)16(9)13)10-3-2-4-11(7-10)17(19)20/h2-4,7-9H,5-6H2,1H3. The molecule has 0 amide bonds. The van der Waals surface area contributed by atoms with Crippen molar-refractivity contribution in [1.82, 2.24) is 9.55 Å². The van der Waals surface area contributed by atoms with Gasteiger partial charge < -0.3 is 0 Å². The number of nitro groups is 1. The van der Waals surface area contributed by atoms with E-state index in [-0.39, 0.29) is 17.3 Å². The van der Waals surface area contributed by atoms with Crippen molar-refractivity contribution in [3.63, 3.8) is 0 Å². The number of hydrogen-bond donors (Lipinski definition) is 0. The van der Waals surface area contributed by atoms with Crippen molar-refractivity contribution < 1.29 is 4.92 Å². The first-order valence-corrected chi connectivity index (χ1v) is 6.43. The van der Waals surface area contributed by atoms with Gasteiger partial charge in [0.05, 0.1) is 10.6 Å². The van der Waals surface area contributed by atoms with E-state index in [2.05, 4.69) is 4.98 Å². The van der Waals surface area contributed by atoms with E-state index >= 15 is 0 Å². The summed E-state index contributed by atoms with van der Waals surface area (Å²) in [5.41, 5.74) is 0.998. The summed E-state index contributed by atoms with van der Waals surface area (Å²) in [5.74, 6) is 0.756. The van der Waals surface area contributed by atoms with Crippen molar-refractivity contribution in [2.24, 2.45) is 0 Å². The van der Waals surface area contributed by atoms with Crippen LogP contribution in [0.25, 0.3) is 11.3 Å². The number of non-ortho nitro benzene ring substituents is 1. The zero-order chi connectivity index (χ0) is 14.3. The van der Waals surface area contributed by atoms with Crippen LogP contribution in [-0.4, -0.2) is 14.5 Å². The van der Waals surface area contributed by atoms with E-state index in [1.54, 1.807) is 16.7 Å². The Kier molecular flexibility index (Phi) is 2.85. The predicted molar refractivity (Wildman–Crippen MR) is 73.6 cm³/mol. The molecule has 6 heteroatoms. The third-order valence-corrected chi connectivity index (χ3v) is 3.60. The molecule has 3 rings (SSSR count). The Morgan fingerprint density at radius 2 is 2.20 bits per heavy atom. The predicted octanol–water partition coefficient (Wildman–Crippen LogP) is 2.33. The number of nitrogens with zero attached hydrogens (tertiary/aromatic N) is 3. The summed E-state index contributed by atoms with van der Waals surface area (Å²) in [5, 5.41) is 10.8. The highest BCUT2D eigenvalue weighted by molar-refractivity contribution is 5.62. The molecule has 0 radical (unpaired) electrons. The first-order valence-electron chi connectivity index (χ1n) is 6.43. The molecule has 0 saturated carbocycles. The smallest absolute Gasteiger partial charge is 0.270 e. The van der Waals surface area contributed by atoms with E-state index < -0.39 is 4.92 Å². The van der Waals surface area contributed by atoms with Crippen LogP contribution in [0.15, 0.2) is 35.1 Å². The molecule has 20 heavy (non-hydrogen) atoms. The fourth-order valence-corrected chi connectivity index (χ4v) is 2.58. The molecule has 0 spiro atoms. The SMILES string of the molecule is CC1CCc2nc(-c3cccc([N+](=O)[O-])c3)cc(=O)n21. The summed E-state index contributed by atoms with van der Waals surface area (Å²) in [6, 6.07) is 7.81. The lowest BCUT2D eigenvalue weighted by Crippen LogP contribution is -2.22. The molecule has 1 unspecified atom stereocenters. The molecular formula is C14H13N3O3. The number of nitro benzene ring substituents is 1. The van der Waals surface area contributed by atoms with Gasteiger partial charge in [0.2, 0.25) is 0 Å². The Labute approximate surface area is 114 Å². The Morgan fingerprint density at radius 1 is 1.40 bits per heavy atom. The Hall–Kier alpha value is -2.50. The molecule has 2 aromatic rings. The van der Waals surface area contributed by atoms with Gasteiger partial charge in [-0.05, 0) is 13.3 Å². The van der Waals surface area contributed by atoms with Crippen molar-refractivity contribution >= 4 is 5.69 Å². The van der Waals surface area contributed by atoms with E-state index in [9.17, 15) is 14.9 Å². The summed E-state index contributed by atoms with van der Waals surface area (Å²) in [7, 11) is 0.